The lowest BCUT2D eigenvalue weighted by atomic mass is 10.1. The van der Waals surface area contributed by atoms with Crippen molar-refractivity contribution < 1.29 is 31.5 Å². The molecular formula is C25H44O7S. The third kappa shape index (κ3) is 15.5. The van der Waals surface area contributed by atoms with Gasteiger partial charge in [0.2, 0.25) is 0 Å². The molecule has 7 nitrogen and oxygen atoms in total. The molecule has 1 atom stereocenters. The van der Waals surface area contributed by atoms with Crippen LogP contribution in [0, 0.1) is 6.92 Å². The molecule has 0 aliphatic rings. The van der Waals surface area contributed by atoms with E-state index in [9.17, 15) is 8.42 Å². The van der Waals surface area contributed by atoms with Crippen molar-refractivity contribution in [2.75, 3.05) is 46.8 Å². The van der Waals surface area contributed by atoms with Gasteiger partial charge in [0.25, 0.3) is 10.1 Å². The van der Waals surface area contributed by atoms with Crippen molar-refractivity contribution >= 4 is 10.1 Å². The standard InChI is InChI=1S/C25H44O7S/c1-4-5-6-7-8-9-10-11-12-25(31-22-21-30-20-19-29-18-17-28-3)32-33(26,27)24-15-13-23(2)14-16-24/h13-16,25H,4-12,17-22H2,1-3H3. The molecule has 1 aromatic carbocycles. The molecule has 0 aromatic heterocycles. The fourth-order valence-corrected chi connectivity index (χ4v) is 4.22. The summed E-state index contributed by atoms with van der Waals surface area (Å²) in [5, 5.41) is 0. The summed E-state index contributed by atoms with van der Waals surface area (Å²) in [7, 11) is -2.26. The predicted octanol–water partition coefficient (Wildman–Crippen LogP) is 5.25. The SMILES string of the molecule is CCCCCCCCCCC(OCCOCCOCCOC)OS(=O)(=O)c1ccc(C)cc1. The molecule has 0 aliphatic heterocycles. The number of aryl methyl sites for hydroxylation is 1. The Balaban J connectivity index is 2.41. The molecule has 1 unspecified atom stereocenters. The first-order valence-electron chi connectivity index (χ1n) is 12.3. The molecular weight excluding hydrogens is 444 g/mol. The van der Waals surface area contributed by atoms with Gasteiger partial charge >= 0.3 is 0 Å². The van der Waals surface area contributed by atoms with E-state index in [0.29, 0.717) is 39.5 Å². The molecule has 33 heavy (non-hydrogen) atoms. The van der Waals surface area contributed by atoms with Crippen molar-refractivity contribution in [3.05, 3.63) is 29.8 Å². The van der Waals surface area contributed by atoms with Crippen LogP contribution in [0.3, 0.4) is 0 Å². The molecule has 0 bridgehead atoms. The van der Waals surface area contributed by atoms with Gasteiger partial charge in [0.1, 0.15) is 0 Å². The Bertz CT molecular complexity index is 677. The van der Waals surface area contributed by atoms with E-state index in [1.165, 1.54) is 32.1 Å². The summed E-state index contributed by atoms with van der Waals surface area (Å²) in [5.41, 5.74) is 0.990. The fraction of sp³-hybridized carbons (Fsp3) is 0.760. The number of hydrogen-bond acceptors (Lipinski definition) is 7. The van der Waals surface area contributed by atoms with Gasteiger partial charge in [-0.15, -0.1) is 0 Å². The molecule has 1 aromatic rings. The van der Waals surface area contributed by atoms with Crippen molar-refractivity contribution in [2.45, 2.75) is 82.8 Å². The minimum absolute atomic E-state index is 0.141. The summed E-state index contributed by atoms with van der Waals surface area (Å²) < 4.78 is 52.3. The van der Waals surface area contributed by atoms with Crippen LogP contribution in [0.15, 0.2) is 29.2 Å². The van der Waals surface area contributed by atoms with Crippen LogP contribution in [0.5, 0.6) is 0 Å². The van der Waals surface area contributed by atoms with Crippen molar-refractivity contribution in [3.63, 3.8) is 0 Å². The highest BCUT2D eigenvalue weighted by molar-refractivity contribution is 7.86. The van der Waals surface area contributed by atoms with E-state index in [0.717, 1.165) is 24.8 Å². The van der Waals surface area contributed by atoms with Gasteiger partial charge in [0.05, 0.1) is 44.5 Å². The van der Waals surface area contributed by atoms with Gasteiger partial charge < -0.3 is 18.9 Å². The lowest BCUT2D eigenvalue weighted by Gasteiger charge is -2.18. The van der Waals surface area contributed by atoms with Gasteiger partial charge in [0, 0.05) is 7.11 Å². The van der Waals surface area contributed by atoms with Crippen LogP contribution < -0.4 is 0 Å². The van der Waals surface area contributed by atoms with Crippen LogP contribution in [-0.2, 0) is 33.2 Å². The van der Waals surface area contributed by atoms with E-state index >= 15 is 0 Å². The van der Waals surface area contributed by atoms with Crippen molar-refractivity contribution in [1.29, 1.82) is 0 Å². The molecule has 0 heterocycles. The number of benzene rings is 1. The highest BCUT2D eigenvalue weighted by Crippen LogP contribution is 2.19. The first-order chi connectivity index (χ1) is 16.0. The highest BCUT2D eigenvalue weighted by Gasteiger charge is 2.22. The van der Waals surface area contributed by atoms with Crippen LogP contribution in [-0.4, -0.2) is 61.5 Å². The minimum Gasteiger partial charge on any atom is -0.382 e. The van der Waals surface area contributed by atoms with Gasteiger partial charge in [0.15, 0.2) is 6.29 Å². The monoisotopic (exact) mass is 488 g/mol. The van der Waals surface area contributed by atoms with Gasteiger partial charge in [-0.25, -0.2) is 4.18 Å². The largest absolute Gasteiger partial charge is 0.382 e. The minimum atomic E-state index is -3.89. The average Bonchev–Trinajstić information content (AvgIpc) is 2.79. The Morgan fingerprint density at radius 2 is 1.30 bits per heavy atom. The summed E-state index contributed by atoms with van der Waals surface area (Å²) in [4.78, 5) is 0.141. The van der Waals surface area contributed by atoms with Gasteiger partial charge in [-0.3, -0.25) is 0 Å². The van der Waals surface area contributed by atoms with Gasteiger partial charge in [-0.1, -0.05) is 69.6 Å². The van der Waals surface area contributed by atoms with Gasteiger partial charge in [-0.05, 0) is 31.9 Å². The van der Waals surface area contributed by atoms with E-state index in [-0.39, 0.29) is 11.5 Å². The summed E-state index contributed by atoms with van der Waals surface area (Å²) in [6, 6.07) is 6.63. The first-order valence-corrected chi connectivity index (χ1v) is 13.7. The Kier molecular flexibility index (Phi) is 17.5. The summed E-state index contributed by atoms with van der Waals surface area (Å²) in [6.07, 6.45) is 9.06. The van der Waals surface area contributed by atoms with Crippen LogP contribution in [0.25, 0.3) is 0 Å². The smallest absolute Gasteiger partial charge is 0.299 e. The molecule has 0 saturated carbocycles. The van der Waals surface area contributed by atoms with Crippen molar-refractivity contribution in [1.82, 2.24) is 0 Å². The highest BCUT2D eigenvalue weighted by atomic mass is 32.2. The number of rotatable bonds is 22. The lowest BCUT2D eigenvalue weighted by molar-refractivity contribution is -0.0989. The van der Waals surface area contributed by atoms with Crippen molar-refractivity contribution in [3.8, 4) is 0 Å². The molecule has 0 saturated heterocycles. The second kappa shape index (κ2) is 19.3. The third-order valence-corrected chi connectivity index (χ3v) is 6.49. The average molecular weight is 489 g/mol. The maximum absolute atomic E-state index is 12.7. The van der Waals surface area contributed by atoms with Crippen LogP contribution in [0.2, 0.25) is 0 Å². The molecule has 192 valence electrons. The van der Waals surface area contributed by atoms with E-state index in [4.69, 9.17) is 23.1 Å². The summed E-state index contributed by atoms with van der Waals surface area (Å²) in [6.45, 7) is 6.72. The first kappa shape index (κ1) is 30.0. The molecule has 0 N–H and O–H groups in total. The number of hydrogen-bond donors (Lipinski definition) is 0. The molecule has 8 heteroatoms. The number of methoxy groups -OCH3 is 1. The third-order valence-electron chi connectivity index (χ3n) is 5.17. The molecule has 0 spiro atoms. The zero-order valence-electron chi connectivity index (χ0n) is 20.8. The molecule has 0 aliphatic carbocycles. The zero-order chi connectivity index (χ0) is 24.2. The van der Waals surface area contributed by atoms with Crippen molar-refractivity contribution in [2.24, 2.45) is 0 Å². The topological polar surface area (TPSA) is 80.3 Å². The van der Waals surface area contributed by atoms with E-state index in [2.05, 4.69) is 6.92 Å². The maximum atomic E-state index is 12.7. The quantitative estimate of drug-likeness (QED) is 0.125. The summed E-state index contributed by atoms with van der Waals surface area (Å²) in [5.74, 6) is 0. The number of ether oxygens (including phenoxy) is 4. The molecule has 0 amide bonds. The predicted molar refractivity (Wildman–Crippen MR) is 130 cm³/mol. The molecule has 1 rings (SSSR count). The second-order valence-electron chi connectivity index (χ2n) is 8.14. The Morgan fingerprint density at radius 3 is 1.91 bits per heavy atom. The van der Waals surface area contributed by atoms with E-state index < -0.39 is 16.4 Å². The van der Waals surface area contributed by atoms with Gasteiger partial charge in [-0.2, -0.15) is 8.42 Å². The Hall–Kier alpha value is -1.03. The normalized spacial score (nSPS) is 12.8. The maximum Gasteiger partial charge on any atom is 0.299 e. The molecule has 0 radical (unpaired) electrons. The second-order valence-corrected chi connectivity index (χ2v) is 9.72. The van der Waals surface area contributed by atoms with E-state index in [1.807, 2.05) is 6.92 Å². The fourth-order valence-electron chi connectivity index (χ4n) is 3.21. The molecule has 0 fully saturated rings. The van der Waals surface area contributed by atoms with E-state index in [1.54, 1.807) is 31.4 Å². The Morgan fingerprint density at radius 1 is 0.758 bits per heavy atom. The number of unbranched alkanes of at least 4 members (excludes halogenated alkanes) is 7. The summed E-state index contributed by atoms with van der Waals surface area (Å²) >= 11 is 0. The van der Waals surface area contributed by atoms with Crippen LogP contribution >= 0.6 is 0 Å². The Labute approximate surface area is 201 Å². The van der Waals surface area contributed by atoms with Crippen LogP contribution in [0.4, 0.5) is 0 Å². The zero-order valence-corrected chi connectivity index (χ0v) is 21.6. The lowest BCUT2D eigenvalue weighted by Crippen LogP contribution is -2.24. The van der Waals surface area contributed by atoms with Crippen LogP contribution in [0.1, 0.15) is 70.3 Å².